The van der Waals surface area contributed by atoms with Gasteiger partial charge in [-0.15, -0.1) is 0 Å². The highest BCUT2D eigenvalue weighted by Crippen LogP contribution is 2.45. The summed E-state index contributed by atoms with van der Waals surface area (Å²) >= 11 is 0. The number of unbranched alkanes of at least 4 members (excludes halogenated alkanes) is 55. The maximum atomic E-state index is 13.2. The molecule has 0 bridgehead atoms. The number of rotatable bonds is 86. The van der Waals surface area contributed by atoms with Crippen molar-refractivity contribution in [2.75, 3.05) is 39.6 Å². The van der Waals surface area contributed by atoms with Crippen LogP contribution in [0.1, 0.15) is 465 Å². The SMILES string of the molecule is CCCCCCCCCCCCCCCCCCCCCCCCC(=O)O[C@H](COC(=O)CCCCCCCCCCCCCCCCCCCCCCC)COP(=O)(O)OC[C@@H](O)COP(=O)(O)OC[C@@H](COC(=O)CCCCCCCCCCC(C)C)OC(=O)CCCCCCCCCCC(C)CC. The van der Waals surface area contributed by atoms with Gasteiger partial charge in [-0.05, 0) is 37.5 Å². The molecule has 0 aromatic heterocycles. The number of carbonyl (C=O) groups excluding carboxylic acids is 4. The van der Waals surface area contributed by atoms with Crippen molar-refractivity contribution < 1.29 is 80.2 Å². The second-order valence-corrected chi connectivity index (χ2v) is 34.9. The van der Waals surface area contributed by atoms with E-state index in [9.17, 15) is 43.2 Å². The van der Waals surface area contributed by atoms with E-state index in [1.165, 1.54) is 283 Å². The molecular weight excluding hydrogens is 1380 g/mol. The van der Waals surface area contributed by atoms with Crippen LogP contribution in [-0.2, 0) is 65.4 Å². The van der Waals surface area contributed by atoms with Gasteiger partial charge in [0, 0.05) is 25.7 Å². The summed E-state index contributed by atoms with van der Waals surface area (Å²) in [4.78, 5) is 73.2. The number of hydrogen-bond acceptors (Lipinski definition) is 15. The van der Waals surface area contributed by atoms with Gasteiger partial charge in [0.25, 0.3) is 0 Å². The highest BCUT2D eigenvalue weighted by Gasteiger charge is 2.30. The monoisotopic (exact) mass is 1550 g/mol. The summed E-state index contributed by atoms with van der Waals surface area (Å²) in [6, 6.07) is 0. The fourth-order valence-corrected chi connectivity index (χ4v) is 15.1. The van der Waals surface area contributed by atoms with E-state index < -0.39 is 97.5 Å². The average molecular weight is 1550 g/mol. The largest absolute Gasteiger partial charge is 0.472 e. The molecule has 0 aromatic rings. The van der Waals surface area contributed by atoms with Crippen molar-refractivity contribution in [3.8, 4) is 0 Å². The number of aliphatic hydroxyl groups excluding tert-OH is 1. The number of hydrogen-bond donors (Lipinski definition) is 3. The summed E-state index contributed by atoms with van der Waals surface area (Å²) in [5.74, 6) is -0.611. The number of phosphoric acid groups is 2. The van der Waals surface area contributed by atoms with Crippen molar-refractivity contribution in [1.82, 2.24) is 0 Å². The third kappa shape index (κ3) is 78.7. The summed E-state index contributed by atoms with van der Waals surface area (Å²) < 4.78 is 68.9. The minimum Gasteiger partial charge on any atom is -0.462 e. The number of phosphoric ester groups is 2. The molecule has 0 radical (unpaired) electrons. The van der Waals surface area contributed by atoms with Gasteiger partial charge in [-0.1, -0.05) is 414 Å². The fourth-order valence-electron chi connectivity index (χ4n) is 13.6. The number of carbonyl (C=O) groups is 4. The van der Waals surface area contributed by atoms with Gasteiger partial charge in [0.05, 0.1) is 26.4 Å². The lowest BCUT2D eigenvalue weighted by Crippen LogP contribution is -2.30. The van der Waals surface area contributed by atoms with Crippen LogP contribution in [0.15, 0.2) is 0 Å². The molecule has 0 aliphatic carbocycles. The first kappa shape index (κ1) is 104. The zero-order valence-electron chi connectivity index (χ0n) is 69.7. The van der Waals surface area contributed by atoms with E-state index >= 15 is 0 Å². The molecule has 0 aliphatic rings. The first-order chi connectivity index (χ1) is 51.4. The molecule has 0 saturated carbocycles. The average Bonchev–Trinajstić information content (AvgIpc) is 0.900. The summed E-state index contributed by atoms with van der Waals surface area (Å²) in [6.45, 7) is 9.62. The Morgan fingerprint density at radius 2 is 0.481 bits per heavy atom. The van der Waals surface area contributed by atoms with Crippen LogP contribution >= 0.6 is 15.6 Å². The molecule has 630 valence electrons. The van der Waals surface area contributed by atoms with Crippen molar-refractivity contribution in [3.63, 3.8) is 0 Å². The molecule has 0 fully saturated rings. The molecule has 0 rings (SSSR count). The molecule has 6 atom stereocenters. The van der Waals surface area contributed by atoms with E-state index in [-0.39, 0.29) is 25.7 Å². The second-order valence-electron chi connectivity index (χ2n) is 32.0. The van der Waals surface area contributed by atoms with Gasteiger partial charge < -0.3 is 33.8 Å². The molecule has 0 amide bonds. The topological polar surface area (TPSA) is 237 Å². The van der Waals surface area contributed by atoms with E-state index in [0.29, 0.717) is 25.7 Å². The van der Waals surface area contributed by atoms with E-state index in [2.05, 4.69) is 41.5 Å². The van der Waals surface area contributed by atoms with Crippen LogP contribution in [-0.4, -0.2) is 96.7 Å². The Hall–Kier alpha value is -1.94. The first-order valence-electron chi connectivity index (χ1n) is 45.0. The van der Waals surface area contributed by atoms with Gasteiger partial charge >= 0.3 is 39.5 Å². The molecule has 3 unspecified atom stereocenters. The minimum absolute atomic E-state index is 0.105. The smallest absolute Gasteiger partial charge is 0.462 e. The Morgan fingerprint density at radius 1 is 0.274 bits per heavy atom. The van der Waals surface area contributed by atoms with Gasteiger partial charge in [-0.2, -0.15) is 0 Å². The summed E-state index contributed by atoms with van der Waals surface area (Å²) in [5, 5.41) is 10.7. The van der Waals surface area contributed by atoms with Gasteiger partial charge in [0.15, 0.2) is 12.2 Å². The van der Waals surface area contributed by atoms with Crippen LogP contribution in [0, 0.1) is 11.8 Å². The molecule has 0 spiro atoms. The maximum Gasteiger partial charge on any atom is 0.472 e. The van der Waals surface area contributed by atoms with Crippen LogP contribution in [0.5, 0.6) is 0 Å². The van der Waals surface area contributed by atoms with Crippen LogP contribution in [0.3, 0.4) is 0 Å². The minimum atomic E-state index is -4.97. The Labute approximate surface area is 651 Å². The highest BCUT2D eigenvalue weighted by molar-refractivity contribution is 7.47. The number of ether oxygens (including phenoxy) is 4. The van der Waals surface area contributed by atoms with Crippen LogP contribution in [0.2, 0.25) is 0 Å². The number of aliphatic hydroxyl groups is 1. The Balaban J connectivity index is 5.20. The molecule has 0 saturated heterocycles. The first-order valence-corrected chi connectivity index (χ1v) is 48.0. The Bertz CT molecular complexity index is 2030. The summed E-state index contributed by atoms with van der Waals surface area (Å²) in [7, 11) is -9.93. The molecule has 19 heteroatoms. The Kier molecular flexibility index (Phi) is 76.9. The van der Waals surface area contributed by atoms with Gasteiger partial charge in [0.1, 0.15) is 19.3 Å². The van der Waals surface area contributed by atoms with Crippen molar-refractivity contribution in [2.24, 2.45) is 11.8 Å². The standard InChI is InChI=1S/C87H170O17P2/c1-7-10-12-14-16-18-20-22-24-26-28-30-32-34-36-38-40-42-44-53-59-65-71-86(91)103-82(75-97-84(89)69-63-57-51-43-41-39-37-35-33-31-29-27-25-23-21-19-17-15-13-11-8-2)77-101-105(93,94)99-73-81(88)74-100-106(95,96)102-78-83(76-98-85(90)70-64-58-52-47-45-49-55-61-67-79(4)5)104-87(92)72-66-60-54-48-46-50-56-62-68-80(6)9-3/h79-83,88H,7-78H2,1-6H3,(H,93,94)(H,95,96)/t80?,81-,82-,83-/m1/s1. The highest BCUT2D eigenvalue weighted by atomic mass is 31.2. The normalized spacial score (nSPS) is 14.1. The lowest BCUT2D eigenvalue weighted by molar-refractivity contribution is -0.161. The predicted octanol–water partition coefficient (Wildman–Crippen LogP) is 26.6. The van der Waals surface area contributed by atoms with Gasteiger partial charge in [-0.25, -0.2) is 9.13 Å². The van der Waals surface area contributed by atoms with E-state index in [0.717, 1.165) is 102 Å². The molecule has 17 nitrogen and oxygen atoms in total. The van der Waals surface area contributed by atoms with E-state index in [4.69, 9.17) is 37.0 Å². The lowest BCUT2D eigenvalue weighted by atomic mass is 9.99. The molecule has 0 aliphatic heterocycles. The quantitative estimate of drug-likeness (QED) is 0.0222. The lowest BCUT2D eigenvalue weighted by Gasteiger charge is -2.21. The van der Waals surface area contributed by atoms with Crippen molar-refractivity contribution in [1.29, 1.82) is 0 Å². The van der Waals surface area contributed by atoms with Crippen molar-refractivity contribution >= 4 is 39.5 Å². The van der Waals surface area contributed by atoms with Gasteiger partial charge in [0.2, 0.25) is 0 Å². The van der Waals surface area contributed by atoms with Crippen LogP contribution < -0.4 is 0 Å². The second kappa shape index (κ2) is 78.3. The predicted molar refractivity (Wildman–Crippen MR) is 437 cm³/mol. The molecule has 106 heavy (non-hydrogen) atoms. The zero-order chi connectivity index (χ0) is 77.8. The Morgan fingerprint density at radius 3 is 0.717 bits per heavy atom. The van der Waals surface area contributed by atoms with Crippen LogP contribution in [0.25, 0.3) is 0 Å². The van der Waals surface area contributed by atoms with Crippen molar-refractivity contribution in [3.05, 3.63) is 0 Å². The third-order valence-electron chi connectivity index (χ3n) is 20.8. The maximum absolute atomic E-state index is 13.2. The number of esters is 4. The fraction of sp³-hybridized carbons (Fsp3) is 0.954. The van der Waals surface area contributed by atoms with Crippen LogP contribution in [0.4, 0.5) is 0 Å². The van der Waals surface area contributed by atoms with E-state index in [1.807, 2.05) is 0 Å². The van der Waals surface area contributed by atoms with Crippen molar-refractivity contribution in [2.45, 2.75) is 484 Å². The summed E-state index contributed by atoms with van der Waals surface area (Å²) in [5.41, 5.74) is 0. The third-order valence-corrected chi connectivity index (χ3v) is 22.7. The molecular formula is C87H170O17P2. The molecule has 0 aromatic carbocycles. The molecule has 3 N–H and O–H groups in total. The zero-order valence-corrected chi connectivity index (χ0v) is 71.5. The van der Waals surface area contributed by atoms with Gasteiger partial charge in [-0.3, -0.25) is 37.3 Å². The van der Waals surface area contributed by atoms with E-state index in [1.54, 1.807) is 0 Å². The molecule has 0 heterocycles. The summed E-state index contributed by atoms with van der Waals surface area (Å²) in [6.07, 6.45) is 71.1.